The summed E-state index contributed by atoms with van der Waals surface area (Å²) < 4.78 is 0. The highest BCUT2D eigenvalue weighted by atomic mass is 16.4. The maximum Gasteiger partial charge on any atom is 0.307 e. The number of carboxylic acids is 1. The molecular formula is C11H16O4. The molecule has 1 aliphatic rings. The molecule has 5 atom stereocenters. The second-order valence-corrected chi connectivity index (χ2v) is 4.45. The summed E-state index contributed by atoms with van der Waals surface area (Å²) in [5.41, 5.74) is 0. The zero-order valence-electron chi connectivity index (χ0n) is 8.92. The molecule has 1 rings (SSSR count). The van der Waals surface area contributed by atoms with Crippen molar-refractivity contribution in [2.24, 2.45) is 29.6 Å². The molecule has 0 spiro atoms. The molecule has 84 valence electrons. The minimum atomic E-state index is -0.934. The lowest BCUT2D eigenvalue weighted by atomic mass is 9.64. The first-order chi connectivity index (χ1) is 7.02. The van der Waals surface area contributed by atoms with Crippen LogP contribution in [0.2, 0.25) is 0 Å². The molecule has 0 heterocycles. The summed E-state index contributed by atoms with van der Waals surface area (Å²) in [5.74, 6) is -2.60. The second-order valence-electron chi connectivity index (χ2n) is 4.45. The van der Waals surface area contributed by atoms with Crippen LogP contribution in [-0.2, 0) is 14.4 Å². The number of carbonyl (C=O) groups is 3. The van der Waals surface area contributed by atoms with Gasteiger partial charge in [0.25, 0.3) is 0 Å². The van der Waals surface area contributed by atoms with Crippen LogP contribution in [0.4, 0.5) is 0 Å². The minimum Gasteiger partial charge on any atom is -0.481 e. The molecule has 1 saturated carbocycles. The van der Waals surface area contributed by atoms with Gasteiger partial charge in [0, 0.05) is 11.8 Å². The van der Waals surface area contributed by atoms with E-state index in [0.29, 0.717) is 12.7 Å². The molecule has 0 bridgehead atoms. The van der Waals surface area contributed by atoms with E-state index >= 15 is 0 Å². The van der Waals surface area contributed by atoms with Crippen LogP contribution >= 0.6 is 0 Å². The van der Waals surface area contributed by atoms with E-state index in [2.05, 4.69) is 0 Å². The zero-order chi connectivity index (χ0) is 11.6. The van der Waals surface area contributed by atoms with Gasteiger partial charge in [-0.2, -0.15) is 0 Å². The fraction of sp³-hybridized carbons (Fsp3) is 0.727. The molecule has 0 aromatic heterocycles. The fourth-order valence-electron chi connectivity index (χ4n) is 2.58. The summed E-state index contributed by atoms with van der Waals surface area (Å²) in [6.07, 6.45) is 2.09. The number of hydrogen-bond donors (Lipinski definition) is 1. The molecule has 0 radical (unpaired) electrons. The fourth-order valence-corrected chi connectivity index (χ4v) is 2.58. The van der Waals surface area contributed by atoms with E-state index in [9.17, 15) is 14.4 Å². The van der Waals surface area contributed by atoms with Crippen molar-refractivity contribution < 1.29 is 19.5 Å². The maximum atomic E-state index is 11.0. The highest BCUT2D eigenvalue weighted by molar-refractivity contribution is 5.76. The largest absolute Gasteiger partial charge is 0.481 e. The lowest BCUT2D eigenvalue weighted by Crippen LogP contribution is -2.43. The van der Waals surface area contributed by atoms with E-state index < -0.39 is 17.8 Å². The molecule has 5 unspecified atom stereocenters. The van der Waals surface area contributed by atoms with Crippen LogP contribution in [0.25, 0.3) is 0 Å². The van der Waals surface area contributed by atoms with Crippen LogP contribution in [-0.4, -0.2) is 23.6 Å². The molecule has 0 aromatic carbocycles. The van der Waals surface area contributed by atoms with Gasteiger partial charge in [0.2, 0.25) is 0 Å². The van der Waals surface area contributed by atoms with E-state index in [0.717, 1.165) is 6.29 Å². The lowest BCUT2D eigenvalue weighted by Gasteiger charge is -2.38. The molecule has 0 aromatic rings. The molecule has 4 nitrogen and oxygen atoms in total. The Morgan fingerprint density at radius 1 is 1.27 bits per heavy atom. The first-order valence-corrected chi connectivity index (χ1v) is 5.16. The highest BCUT2D eigenvalue weighted by Crippen LogP contribution is 2.40. The summed E-state index contributed by atoms with van der Waals surface area (Å²) in [6.45, 7) is 3.57. The molecular weight excluding hydrogens is 196 g/mol. The minimum absolute atomic E-state index is 0.121. The Balaban J connectivity index is 2.96. The summed E-state index contributed by atoms with van der Waals surface area (Å²) in [4.78, 5) is 32.7. The van der Waals surface area contributed by atoms with Crippen LogP contribution in [0, 0.1) is 29.6 Å². The molecule has 1 fully saturated rings. The molecule has 4 heteroatoms. The second kappa shape index (κ2) is 4.55. The number of hydrogen-bond acceptors (Lipinski definition) is 3. The normalized spacial score (nSPS) is 40.8. The average Bonchev–Trinajstić information content (AvgIpc) is 2.19. The third-order valence-corrected chi connectivity index (χ3v) is 3.57. The summed E-state index contributed by atoms with van der Waals surface area (Å²) in [6, 6.07) is 0. The zero-order valence-corrected chi connectivity index (χ0v) is 8.92. The first kappa shape index (κ1) is 11.9. The molecule has 1 aliphatic carbocycles. The van der Waals surface area contributed by atoms with E-state index in [1.165, 1.54) is 0 Å². The smallest absolute Gasteiger partial charge is 0.307 e. The van der Waals surface area contributed by atoms with Crippen LogP contribution in [0.5, 0.6) is 0 Å². The third-order valence-electron chi connectivity index (χ3n) is 3.57. The third kappa shape index (κ3) is 2.08. The van der Waals surface area contributed by atoms with Gasteiger partial charge in [-0.05, 0) is 18.3 Å². The van der Waals surface area contributed by atoms with E-state index in [1.807, 2.05) is 0 Å². The Bertz CT molecular complexity index is 274. The monoisotopic (exact) mass is 212 g/mol. The predicted octanol–water partition coefficient (Wildman–Crippen LogP) is 0.993. The SMILES string of the molecule is CC1CC(C=O)C(C)C(C=O)C1C(=O)O. The van der Waals surface area contributed by atoms with Crippen molar-refractivity contribution in [1.29, 1.82) is 0 Å². The van der Waals surface area contributed by atoms with Crippen LogP contribution in [0.3, 0.4) is 0 Å². The van der Waals surface area contributed by atoms with Gasteiger partial charge in [0.05, 0.1) is 5.92 Å². The molecule has 1 N–H and O–H groups in total. The average molecular weight is 212 g/mol. The Labute approximate surface area is 88.7 Å². The van der Waals surface area contributed by atoms with Gasteiger partial charge in [-0.25, -0.2) is 0 Å². The lowest BCUT2D eigenvalue weighted by molar-refractivity contribution is -0.152. The quantitative estimate of drug-likeness (QED) is 0.708. The van der Waals surface area contributed by atoms with E-state index in [4.69, 9.17) is 5.11 Å². The van der Waals surface area contributed by atoms with Gasteiger partial charge in [-0.3, -0.25) is 4.79 Å². The number of carboxylic acid groups (broad SMARTS) is 1. The van der Waals surface area contributed by atoms with Gasteiger partial charge in [-0.1, -0.05) is 13.8 Å². The number of aliphatic carboxylic acids is 1. The first-order valence-electron chi connectivity index (χ1n) is 5.16. The van der Waals surface area contributed by atoms with Gasteiger partial charge < -0.3 is 14.7 Å². The molecule has 0 saturated heterocycles. The van der Waals surface area contributed by atoms with Gasteiger partial charge in [-0.15, -0.1) is 0 Å². The van der Waals surface area contributed by atoms with Crippen molar-refractivity contribution in [3.05, 3.63) is 0 Å². The standard InChI is InChI=1S/C11H16O4/c1-6-3-8(4-12)7(2)9(5-13)10(6)11(14)15/h4-10H,3H2,1-2H3,(H,14,15). The van der Waals surface area contributed by atoms with Gasteiger partial charge >= 0.3 is 5.97 Å². The maximum absolute atomic E-state index is 11.0. The number of carbonyl (C=O) groups excluding carboxylic acids is 2. The summed E-state index contributed by atoms with van der Waals surface area (Å²) in [5, 5.41) is 9.04. The highest BCUT2D eigenvalue weighted by Gasteiger charge is 2.44. The van der Waals surface area contributed by atoms with Crippen LogP contribution in [0.1, 0.15) is 20.3 Å². The van der Waals surface area contributed by atoms with Gasteiger partial charge in [0.15, 0.2) is 0 Å². The van der Waals surface area contributed by atoms with Gasteiger partial charge in [0.1, 0.15) is 12.6 Å². The van der Waals surface area contributed by atoms with E-state index in [1.54, 1.807) is 13.8 Å². The Morgan fingerprint density at radius 3 is 2.27 bits per heavy atom. The van der Waals surface area contributed by atoms with Crippen molar-refractivity contribution in [3.8, 4) is 0 Å². The molecule has 0 aliphatic heterocycles. The van der Waals surface area contributed by atoms with Crippen molar-refractivity contribution >= 4 is 18.5 Å². The van der Waals surface area contributed by atoms with Crippen molar-refractivity contribution in [1.82, 2.24) is 0 Å². The van der Waals surface area contributed by atoms with Crippen molar-refractivity contribution in [2.45, 2.75) is 20.3 Å². The Hall–Kier alpha value is -1.19. The number of rotatable bonds is 3. The Kier molecular flexibility index (Phi) is 3.61. The molecule has 15 heavy (non-hydrogen) atoms. The summed E-state index contributed by atoms with van der Waals surface area (Å²) >= 11 is 0. The Morgan fingerprint density at radius 2 is 1.87 bits per heavy atom. The number of aldehydes is 2. The predicted molar refractivity (Wildman–Crippen MR) is 53.2 cm³/mol. The van der Waals surface area contributed by atoms with Crippen molar-refractivity contribution in [2.75, 3.05) is 0 Å². The van der Waals surface area contributed by atoms with Crippen LogP contribution < -0.4 is 0 Å². The van der Waals surface area contributed by atoms with Crippen LogP contribution in [0.15, 0.2) is 0 Å². The molecule has 0 amide bonds. The van der Waals surface area contributed by atoms with E-state index in [-0.39, 0.29) is 17.8 Å². The topological polar surface area (TPSA) is 71.4 Å². The van der Waals surface area contributed by atoms with Crippen molar-refractivity contribution in [3.63, 3.8) is 0 Å². The summed E-state index contributed by atoms with van der Waals surface area (Å²) in [7, 11) is 0.